The van der Waals surface area contributed by atoms with Crippen LogP contribution in [0.25, 0.3) is 10.9 Å². The van der Waals surface area contributed by atoms with Crippen molar-refractivity contribution in [2.75, 3.05) is 7.11 Å². The van der Waals surface area contributed by atoms with E-state index in [1.54, 1.807) is 6.07 Å². The molecular formula is C24H19ClN2O2. The van der Waals surface area contributed by atoms with Crippen LogP contribution in [0.3, 0.4) is 0 Å². The molecule has 0 N–H and O–H groups in total. The van der Waals surface area contributed by atoms with E-state index in [-0.39, 0.29) is 5.97 Å². The lowest BCUT2D eigenvalue weighted by Crippen LogP contribution is -2.03. The van der Waals surface area contributed by atoms with E-state index in [9.17, 15) is 4.79 Å². The number of esters is 1. The molecule has 0 fully saturated rings. The van der Waals surface area contributed by atoms with Crippen molar-refractivity contribution in [3.63, 3.8) is 0 Å². The molecule has 0 bridgehead atoms. The van der Waals surface area contributed by atoms with Crippen LogP contribution in [0.5, 0.6) is 0 Å². The molecule has 4 nitrogen and oxygen atoms in total. The van der Waals surface area contributed by atoms with E-state index in [1.165, 1.54) is 7.11 Å². The van der Waals surface area contributed by atoms with Gasteiger partial charge in [-0.05, 0) is 48.0 Å². The Kier molecular flexibility index (Phi) is 5.45. The van der Waals surface area contributed by atoms with Gasteiger partial charge in [0.2, 0.25) is 0 Å². The summed E-state index contributed by atoms with van der Waals surface area (Å²) in [7, 11) is 1.39. The number of para-hydroxylation sites is 1. The number of methoxy groups -OCH3 is 1. The molecule has 0 radical (unpaired) electrons. The van der Waals surface area contributed by atoms with E-state index in [0.29, 0.717) is 17.1 Å². The third-order valence-corrected chi connectivity index (χ3v) is 4.95. The summed E-state index contributed by atoms with van der Waals surface area (Å²) >= 11 is 5.94. The van der Waals surface area contributed by atoms with Gasteiger partial charge in [-0.25, -0.2) is 4.79 Å². The van der Waals surface area contributed by atoms with Crippen LogP contribution < -0.4 is 0 Å². The Labute approximate surface area is 174 Å². The summed E-state index contributed by atoms with van der Waals surface area (Å²) < 4.78 is 6.99. The fraction of sp³-hybridized carbons (Fsp3) is 0.0833. The molecule has 5 heteroatoms. The van der Waals surface area contributed by atoms with Crippen molar-refractivity contribution in [1.82, 2.24) is 4.57 Å². The highest BCUT2D eigenvalue weighted by Crippen LogP contribution is 2.23. The maximum atomic E-state index is 11.8. The number of benzene rings is 3. The Balaban J connectivity index is 1.67. The number of hydrogen-bond donors (Lipinski definition) is 0. The number of carbonyl (C=O) groups is 1. The van der Waals surface area contributed by atoms with E-state index in [4.69, 9.17) is 16.3 Å². The zero-order valence-corrected chi connectivity index (χ0v) is 16.6. The molecule has 1 heterocycles. The first-order valence-electron chi connectivity index (χ1n) is 9.19. The fourth-order valence-corrected chi connectivity index (χ4v) is 3.42. The second kappa shape index (κ2) is 8.33. The summed E-state index contributed by atoms with van der Waals surface area (Å²) in [4.78, 5) is 16.4. The molecule has 0 aliphatic heterocycles. The van der Waals surface area contributed by atoms with Crippen molar-refractivity contribution < 1.29 is 9.53 Å². The topological polar surface area (TPSA) is 43.6 Å². The molecule has 1 aromatic heterocycles. The van der Waals surface area contributed by atoms with Crippen LogP contribution in [-0.4, -0.2) is 23.9 Å². The predicted octanol–water partition coefficient (Wildman–Crippen LogP) is 5.88. The van der Waals surface area contributed by atoms with Crippen molar-refractivity contribution >= 4 is 40.4 Å². The quantitative estimate of drug-likeness (QED) is 0.309. The van der Waals surface area contributed by atoms with Crippen LogP contribution in [0.1, 0.15) is 21.5 Å². The van der Waals surface area contributed by atoms with Gasteiger partial charge >= 0.3 is 5.97 Å². The average molecular weight is 403 g/mol. The monoisotopic (exact) mass is 402 g/mol. The van der Waals surface area contributed by atoms with Crippen molar-refractivity contribution in [3.05, 3.63) is 101 Å². The van der Waals surface area contributed by atoms with Crippen LogP contribution in [-0.2, 0) is 11.3 Å². The number of fused-ring (bicyclic) bond motifs is 1. The number of halogens is 1. The second-order valence-corrected chi connectivity index (χ2v) is 7.09. The van der Waals surface area contributed by atoms with Crippen LogP contribution in [0.2, 0.25) is 5.02 Å². The summed E-state index contributed by atoms with van der Waals surface area (Å²) in [6.45, 7) is 0.639. The smallest absolute Gasteiger partial charge is 0.337 e. The summed E-state index contributed by atoms with van der Waals surface area (Å²) in [6.07, 6.45) is 3.95. The van der Waals surface area contributed by atoms with E-state index in [0.717, 1.165) is 27.7 Å². The SMILES string of the molecule is COC(=O)c1cccc(Cn2cc(C=Nc3ccc(Cl)cc3)c3ccccc32)c1. The summed E-state index contributed by atoms with van der Waals surface area (Å²) in [6, 6.07) is 23.1. The number of rotatable bonds is 5. The molecule has 4 aromatic rings. The maximum absolute atomic E-state index is 11.8. The first-order valence-corrected chi connectivity index (χ1v) is 9.56. The lowest BCUT2D eigenvalue weighted by Gasteiger charge is -2.07. The predicted molar refractivity (Wildman–Crippen MR) is 118 cm³/mol. The number of aliphatic imine (C=N–C) groups is 1. The van der Waals surface area contributed by atoms with Gasteiger partial charge in [0.1, 0.15) is 0 Å². The van der Waals surface area contributed by atoms with Crippen LogP contribution in [0.4, 0.5) is 5.69 Å². The van der Waals surface area contributed by atoms with Crippen LogP contribution in [0.15, 0.2) is 84.0 Å². The lowest BCUT2D eigenvalue weighted by molar-refractivity contribution is 0.0600. The van der Waals surface area contributed by atoms with Crippen LogP contribution in [0, 0.1) is 0 Å². The molecule has 0 aliphatic carbocycles. The molecule has 0 saturated carbocycles. The third-order valence-electron chi connectivity index (χ3n) is 4.70. The highest BCUT2D eigenvalue weighted by atomic mass is 35.5. The second-order valence-electron chi connectivity index (χ2n) is 6.66. The van der Waals surface area contributed by atoms with Gasteiger partial charge in [-0.15, -0.1) is 0 Å². The molecule has 0 spiro atoms. The Morgan fingerprint density at radius 3 is 2.66 bits per heavy atom. The Morgan fingerprint density at radius 1 is 1.07 bits per heavy atom. The minimum atomic E-state index is -0.333. The Bertz CT molecular complexity index is 1190. The molecule has 0 unspecified atom stereocenters. The summed E-state index contributed by atoms with van der Waals surface area (Å²) in [5.41, 5.74) is 4.55. The highest BCUT2D eigenvalue weighted by Gasteiger charge is 2.09. The minimum absolute atomic E-state index is 0.333. The minimum Gasteiger partial charge on any atom is -0.465 e. The normalized spacial score (nSPS) is 11.2. The van der Waals surface area contributed by atoms with E-state index in [2.05, 4.69) is 27.9 Å². The standard InChI is InChI=1S/C24H19ClN2O2/c1-29-24(28)18-6-4-5-17(13-18)15-27-16-19(22-7-2-3-8-23(22)27)14-26-21-11-9-20(25)10-12-21/h2-14,16H,15H2,1H3. The van der Waals surface area contributed by atoms with Gasteiger partial charge in [-0.2, -0.15) is 0 Å². The highest BCUT2D eigenvalue weighted by molar-refractivity contribution is 6.30. The fourth-order valence-electron chi connectivity index (χ4n) is 3.29. The van der Waals surface area contributed by atoms with Gasteiger partial charge in [0.15, 0.2) is 0 Å². The molecule has 0 saturated heterocycles. The first-order chi connectivity index (χ1) is 14.1. The zero-order chi connectivity index (χ0) is 20.2. The number of carbonyl (C=O) groups excluding carboxylic acids is 1. The zero-order valence-electron chi connectivity index (χ0n) is 15.9. The molecule has 0 aliphatic rings. The third kappa shape index (κ3) is 4.23. The molecular weight excluding hydrogens is 384 g/mol. The van der Waals surface area contributed by atoms with Gasteiger partial charge in [-0.1, -0.05) is 41.9 Å². The average Bonchev–Trinajstić information content (AvgIpc) is 3.10. The molecule has 4 rings (SSSR count). The number of nitrogens with zero attached hydrogens (tertiary/aromatic N) is 2. The van der Waals surface area contributed by atoms with Crippen molar-refractivity contribution in [2.24, 2.45) is 4.99 Å². The number of aromatic nitrogens is 1. The summed E-state index contributed by atoms with van der Waals surface area (Å²) in [5.74, 6) is -0.333. The largest absolute Gasteiger partial charge is 0.465 e. The first kappa shape index (κ1) is 19.0. The number of hydrogen-bond acceptors (Lipinski definition) is 3. The Hall–Kier alpha value is -3.37. The van der Waals surface area contributed by atoms with Crippen molar-refractivity contribution in [2.45, 2.75) is 6.54 Å². The van der Waals surface area contributed by atoms with Gasteiger partial charge in [0, 0.05) is 40.4 Å². The van der Waals surface area contributed by atoms with Crippen molar-refractivity contribution in [3.8, 4) is 0 Å². The maximum Gasteiger partial charge on any atom is 0.337 e. The lowest BCUT2D eigenvalue weighted by atomic mass is 10.1. The Morgan fingerprint density at radius 2 is 1.86 bits per heavy atom. The molecule has 0 amide bonds. The molecule has 3 aromatic carbocycles. The number of ether oxygens (including phenoxy) is 1. The van der Waals surface area contributed by atoms with E-state index >= 15 is 0 Å². The van der Waals surface area contributed by atoms with E-state index in [1.807, 2.05) is 60.8 Å². The van der Waals surface area contributed by atoms with Gasteiger partial charge < -0.3 is 9.30 Å². The van der Waals surface area contributed by atoms with Gasteiger partial charge in [0.05, 0.1) is 18.4 Å². The van der Waals surface area contributed by atoms with Gasteiger partial charge in [0.25, 0.3) is 0 Å². The summed E-state index contributed by atoms with van der Waals surface area (Å²) in [5, 5.41) is 1.81. The molecule has 0 atom stereocenters. The molecule has 29 heavy (non-hydrogen) atoms. The molecule has 144 valence electrons. The van der Waals surface area contributed by atoms with E-state index < -0.39 is 0 Å². The van der Waals surface area contributed by atoms with Gasteiger partial charge in [-0.3, -0.25) is 4.99 Å². The van der Waals surface area contributed by atoms with Crippen LogP contribution >= 0.6 is 11.6 Å². The van der Waals surface area contributed by atoms with Crippen molar-refractivity contribution in [1.29, 1.82) is 0 Å².